The van der Waals surface area contributed by atoms with Crippen LogP contribution in [0.15, 0.2) is 48.7 Å². The number of hydrogen-bond acceptors (Lipinski definition) is 3. The summed E-state index contributed by atoms with van der Waals surface area (Å²) in [6.07, 6.45) is 4.93. The van der Waals surface area contributed by atoms with Gasteiger partial charge >= 0.3 is 0 Å². The van der Waals surface area contributed by atoms with E-state index in [-0.39, 0.29) is 0 Å². The van der Waals surface area contributed by atoms with Crippen LogP contribution in [0, 0.1) is 0 Å². The van der Waals surface area contributed by atoms with Gasteiger partial charge in [0.2, 0.25) is 0 Å². The molecule has 0 aliphatic carbocycles. The van der Waals surface area contributed by atoms with E-state index in [4.69, 9.17) is 5.73 Å². The monoisotopic (exact) mass is 269 g/mol. The van der Waals surface area contributed by atoms with Crippen molar-refractivity contribution < 1.29 is 0 Å². The minimum atomic E-state index is 0.430. The van der Waals surface area contributed by atoms with Crippen LogP contribution in [0.1, 0.15) is 24.5 Å². The minimum Gasteiger partial charge on any atom is -0.384 e. The topological polar surface area (TPSA) is 50.9 Å². The maximum Gasteiger partial charge on any atom is 0.123 e. The van der Waals surface area contributed by atoms with Gasteiger partial charge in [0.25, 0.3) is 0 Å². The zero-order valence-electron chi connectivity index (χ0n) is 12.0. The van der Waals surface area contributed by atoms with Crippen LogP contribution in [0.5, 0.6) is 0 Å². The average molecular weight is 269 g/mol. The number of nitrogens with one attached hydrogen (secondary N) is 1. The van der Waals surface area contributed by atoms with Crippen LogP contribution in [0.3, 0.4) is 0 Å². The Morgan fingerprint density at radius 1 is 1.10 bits per heavy atom. The van der Waals surface area contributed by atoms with Crippen LogP contribution in [0.25, 0.3) is 0 Å². The molecule has 2 aromatic rings. The summed E-state index contributed by atoms with van der Waals surface area (Å²) in [5, 5.41) is 3.62. The number of rotatable bonds is 7. The van der Waals surface area contributed by atoms with Crippen molar-refractivity contribution in [2.45, 2.75) is 32.2 Å². The largest absolute Gasteiger partial charge is 0.384 e. The highest BCUT2D eigenvalue weighted by Gasteiger charge is 2.10. The molecule has 0 saturated carbocycles. The minimum absolute atomic E-state index is 0.430. The molecule has 0 aliphatic rings. The third-order valence-corrected chi connectivity index (χ3v) is 3.34. The van der Waals surface area contributed by atoms with Gasteiger partial charge in [-0.1, -0.05) is 37.3 Å². The molecule has 0 amide bonds. The Hall–Kier alpha value is -1.87. The predicted molar refractivity (Wildman–Crippen MR) is 84.6 cm³/mol. The van der Waals surface area contributed by atoms with Crippen LogP contribution in [-0.4, -0.2) is 17.6 Å². The molecule has 20 heavy (non-hydrogen) atoms. The van der Waals surface area contributed by atoms with Gasteiger partial charge in [-0.25, -0.2) is 4.98 Å². The Balaban J connectivity index is 2.03. The highest BCUT2D eigenvalue weighted by atomic mass is 14.9. The molecule has 1 heterocycles. The van der Waals surface area contributed by atoms with E-state index in [1.807, 2.05) is 12.1 Å². The van der Waals surface area contributed by atoms with Crippen LogP contribution in [0.2, 0.25) is 0 Å². The molecular formula is C17H23N3. The van der Waals surface area contributed by atoms with Gasteiger partial charge in [-0.2, -0.15) is 0 Å². The average Bonchev–Trinajstić information content (AvgIpc) is 2.46. The lowest BCUT2D eigenvalue weighted by Crippen LogP contribution is -2.33. The molecule has 1 aromatic carbocycles. The third-order valence-electron chi connectivity index (χ3n) is 3.34. The molecule has 0 fully saturated rings. The lowest BCUT2D eigenvalue weighted by atomic mass is 9.99. The standard InChI is InChI=1S/C17H23N3/c1-2-9-19-16(11-14-6-4-3-5-7-14)12-15-8-10-20-17(18)13-15/h3-8,10,13,16,19H,2,9,11-12H2,1H3,(H2,18,20). The number of anilines is 1. The Labute approximate surface area is 121 Å². The first kappa shape index (κ1) is 14.5. The van der Waals surface area contributed by atoms with Crippen molar-refractivity contribution in [3.05, 3.63) is 59.8 Å². The van der Waals surface area contributed by atoms with E-state index in [9.17, 15) is 0 Å². The molecule has 3 nitrogen and oxygen atoms in total. The summed E-state index contributed by atoms with van der Waals surface area (Å²) in [6.45, 7) is 3.23. The molecule has 0 saturated heterocycles. The maximum atomic E-state index is 5.76. The Morgan fingerprint density at radius 3 is 2.55 bits per heavy atom. The first-order valence-electron chi connectivity index (χ1n) is 7.25. The van der Waals surface area contributed by atoms with Crippen LogP contribution < -0.4 is 11.1 Å². The smallest absolute Gasteiger partial charge is 0.123 e. The van der Waals surface area contributed by atoms with Gasteiger partial charge in [-0.15, -0.1) is 0 Å². The van der Waals surface area contributed by atoms with Crippen molar-refractivity contribution in [3.63, 3.8) is 0 Å². The number of benzene rings is 1. The molecule has 1 aromatic heterocycles. The van der Waals surface area contributed by atoms with Gasteiger partial charge in [-0.3, -0.25) is 0 Å². The quantitative estimate of drug-likeness (QED) is 0.812. The number of nitrogens with zero attached hydrogens (tertiary/aromatic N) is 1. The van der Waals surface area contributed by atoms with Crippen LogP contribution in [-0.2, 0) is 12.8 Å². The maximum absolute atomic E-state index is 5.76. The van der Waals surface area contributed by atoms with E-state index in [2.05, 4.69) is 47.6 Å². The summed E-state index contributed by atoms with van der Waals surface area (Å²) in [7, 11) is 0. The molecule has 3 heteroatoms. The van der Waals surface area contributed by atoms with Crippen molar-refractivity contribution in [2.75, 3.05) is 12.3 Å². The van der Waals surface area contributed by atoms with E-state index >= 15 is 0 Å². The summed E-state index contributed by atoms with van der Waals surface area (Å²) in [5.74, 6) is 0.594. The highest BCUT2D eigenvalue weighted by molar-refractivity contribution is 5.32. The number of pyridine rings is 1. The van der Waals surface area contributed by atoms with E-state index in [1.54, 1.807) is 6.20 Å². The lowest BCUT2D eigenvalue weighted by molar-refractivity contribution is 0.504. The molecule has 1 atom stereocenters. The van der Waals surface area contributed by atoms with Gasteiger partial charge in [0.1, 0.15) is 5.82 Å². The Kier molecular flexibility index (Phi) is 5.56. The second kappa shape index (κ2) is 7.65. The number of aromatic nitrogens is 1. The van der Waals surface area contributed by atoms with Crippen LogP contribution in [0.4, 0.5) is 5.82 Å². The zero-order chi connectivity index (χ0) is 14.2. The first-order valence-corrected chi connectivity index (χ1v) is 7.25. The summed E-state index contributed by atoms with van der Waals surface area (Å²) in [6, 6.07) is 15.0. The van der Waals surface area contributed by atoms with Gasteiger partial charge in [0.15, 0.2) is 0 Å². The normalized spacial score (nSPS) is 12.2. The molecule has 2 rings (SSSR count). The molecule has 0 aliphatic heterocycles. The van der Waals surface area contributed by atoms with Crippen molar-refractivity contribution in [2.24, 2.45) is 0 Å². The van der Waals surface area contributed by atoms with Gasteiger partial charge < -0.3 is 11.1 Å². The fraction of sp³-hybridized carbons (Fsp3) is 0.353. The Morgan fingerprint density at radius 2 is 1.85 bits per heavy atom. The number of nitrogens with two attached hydrogens (primary N) is 1. The lowest BCUT2D eigenvalue weighted by Gasteiger charge is -2.19. The SMILES string of the molecule is CCCNC(Cc1ccccc1)Cc1ccnc(N)c1. The van der Waals surface area contributed by atoms with Crippen molar-refractivity contribution in [1.82, 2.24) is 10.3 Å². The fourth-order valence-electron chi connectivity index (χ4n) is 2.37. The third kappa shape index (κ3) is 4.67. The van der Waals surface area contributed by atoms with E-state index in [1.165, 1.54) is 11.1 Å². The molecule has 106 valence electrons. The zero-order valence-corrected chi connectivity index (χ0v) is 12.0. The Bertz CT molecular complexity index is 511. The van der Waals surface area contributed by atoms with Gasteiger partial charge in [0, 0.05) is 12.2 Å². The second-order valence-corrected chi connectivity index (χ2v) is 5.13. The number of nitrogen functional groups attached to an aromatic ring is 1. The van der Waals surface area contributed by atoms with E-state index in [0.29, 0.717) is 11.9 Å². The van der Waals surface area contributed by atoms with E-state index < -0.39 is 0 Å². The second-order valence-electron chi connectivity index (χ2n) is 5.13. The molecule has 3 N–H and O–H groups in total. The molecule has 1 unspecified atom stereocenters. The summed E-state index contributed by atoms with van der Waals surface area (Å²) in [5.41, 5.74) is 8.36. The molecule has 0 bridgehead atoms. The summed E-state index contributed by atoms with van der Waals surface area (Å²) < 4.78 is 0. The highest BCUT2D eigenvalue weighted by Crippen LogP contribution is 2.10. The number of hydrogen-bond donors (Lipinski definition) is 2. The van der Waals surface area contributed by atoms with Crippen molar-refractivity contribution in [3.8, 4) is 0 Å². The predicted octanol–water partition coefficient (Wildman–Crippen LogP) is 2.82. The summed E-state index contributed by atoms with van der Waals surface area (Å²) in [4.78, 5) is 4.05. The van der Waals surface area contributed by atoms with Crippen molar-refractivity contribution >= 4 is 5.82 Å². The fourth-order valence-corrected chi connectivity index (χ4v) is 2.37. The van der Waals surface area contributed by atoms with Gasteiger partial charge in [-0.05, 0) is 49.1 Å². The first-order chi connectivity index (χ1) is 9.78. The van der Waals surface area contributed by atoms with Gasteiger partial charge in [0.05, 0.1) is 0 Å². The molecule has 0 spiro atoms. The molecular weight excluding hydrogens is 246 g/mol. The van der Waals surface area contributed by atoms with Crippen LogP contribution >= 0.6 is 0 Å². The van der Waals surface area contributed by atoms with E-state index in [0.717, 1.165) is 25.8 Å². The van der Waals surface area contributed by atoms with Crippen molar-refractivity contribution in [1.29, 1.82) is 0 Å². The molecule has 0 radical (unpaired) electrons. The summed E-state index contributed by atoms with van der Waals surface area (Å²) >= 11 is 0.